The van der Waals surface area contributed by atoms with Crippen LogP contribution in [0, 0.1) is 5.92 Å². The number of amides is 1. The Labute approximate surface area is 67.7 Å². The van der Waals surface area contributed by atoms with Crippen molar-refractivity contribution in [1.29, 1.82) is 0 Å². The SMILES string of the molecule is C=CC1CCC(CC)NC1=O. The lowest BCUT2D eigenvalue weighted by atomic mass is 9.93. The first kappa shape index (κ1) is 8.31. The van der Waals surface area contributed by atoms with Crippen LogP contribution in [0.3, 0.4) is 0 Å². The minimum Gasteiger partial charge on any atom is -0.353 e. The van der Waals surface area contributed by atoms with Gasteiger partial charge in [-0.3, -0.25) is 4.79 Å². The zero-order valence-corrected chi connectivity index (χ0v) is 6.97. The molecule has 1 amide bonds. The molecule has 62 valence electrons. The average molecular weight is 153 g/mol. The number of hydrogen-bond acceptors (Lipinski definition) is 1. The van der Waals surface area contributed by atoms with Gasteiger partial charge in [-0.1, -0.05) is 13.0 Å². The van der Waals surface area contributed by atoms with Crippen molar-refractivity contribution in [3.63, 3.8) is 0 Å². The zero-order chi connectivity index (χ0) is 8.27. The van der Waals surface area contributed by atoms with Gasteiger partial charge in [0.2, 0.25) is 5.91 Å². The van der Waals surface area contributed by atoms with Gasteiger partial charge in [0.15, 0.2) is 0 Å². The molecule has 1 N–H and O–H groups in total. The van der Waals surface area contributed by atoms with Crippen molar-refractivity contribution in [3.8, 4) is 0 Å². The summed E-state index contributed by atoms with van der Waals surface area (Å²) in [6.07, 6.45) is 4.84. The van der Waals surface area contributed by atoms with Crippen molar-refractivity contribution in [2.75, 3.05) is 0 Å². The third-order valence-corrected chi connectivity index (χ3v) is 2.29. The van der Waals surface area contributed by atoms with E-state index in [1.807, 2.05) is 0 Å². The van der Waals surface area contributed by atoms with E-state index >= 15 is 0 Å². The van der Waals surface area contributed by atoms with Gasteiger partial charge in [-0.2, -0.15) is 0 Å². The molecule has 1 rings (SSSR count). The quantitative estimate of drug-likeness (QED) is 0.598. The molecule has 1 fully saturated rings. The molecule has 1 saturated heterocycles. The molecular formula is C9H15NO. The second kappa shape index (κ2) is 3.56. The standard InChI is InChI=1S/C9H15NO/c1-3-7-5-6-8(4-2)10-9(7)11/h3,7-8H,1,4-6H2,2H3,(H,10,11). The van der Waals surface area contributed by atoms with Crippen LogP contribution >= 0.6 is 0 Å². The van der Waals surface area contributed by atoms with Crippen molar-refractivity contribution in [1.82, 2.24) is 5.32 Å². The van der Waals surface area contributed by atoms with Gasteiger partial charge < -0.3 is 5.32 Å². The van der Waals surface area contributed by atoms with Crippen molar-refractivity contribution >= 4 is 5.91 Å². The van der Waals surface area contributed by atoms with Crippen molar-refractivity contribution in [2.45, 2.75) is 32.2 Å². The molecule has 0 aromatic carbocycles. The van der Waals surface area contributed by atoms with E-state index in [-0.39, 0.29) is 11.8 Å². The molecule has 0 aromatic heterocycles. The molecule has 2 atom stereocenters. The van der Waals surface area contributed by atoms with Crippen LogP contribution in [0.15, 0.2) is 12.7 Å². The van der Waals surface area contributed by atoms with Crippen LogP contribution in [0.1, 0.15) is 26.2 Å². The third kappa shape index (κ3) is 1.82. The molecule has 2 unspecified atom stereocenters. The van der Waals surface area contributed by atoms with E-state index in [9.17, 15) is 4.79 Å². The maximum atomic E-state index is 11.2. The number of piperidine rings is 1. The zero-order valence-electron chi connectivity index (χ0n) is 6.97. The number of carbonyl (C=O) groups excluding carboxylic acids is 1. The summed E-state index contributed by atoms with van der Waals surface area (Å²) in [5.74, 6) is 0.205. The molecular weight excluding hydrogens is 138 g/mol. The van der Waals surface area contributed by atoms with Gasteiger partial charge in [0, 0.05) is 6.04 Å². The normalized spacial score (nSPS) is 31.2. The van der Waals surface area contributed by atoms with Crippen molar-refractivity contribution in [3.05, 3.63) is 12.7 Å². The fourth-order valence-corrected chi connectivity index (χ4v) is 1.42. The Morgan fingerprint density at radius 1 is 1.73 bits per heavy atom. The van der Waals surface area contributed by atoms with E-state index in [4.69, 9.17) is 0 Å². The lowest BCUT2D eigenvalue weighted by molar-refractivity contribution is -0.126. The summed E-state index contributed by atoms with van der Waals surface area (Å²) in [6, 6.07) is 0.402. The molecule has 1 aliphatic rings. The minimum absolute atomic E-state index is 0.0535. The number of hydrogen-bond donors (Lipinski definition) is 1. The Balaban J connectivity index is 2.47. The Morgan fingerprint density at radius 3 is 2.91 bits per heavy atom. The highest BCUT2D eigenvalue weighted by Gasteiger charge is 2.23. The third-order valence-electron chi connectivity index (χ3n) is 2.29. The molecule has 2 nitrogen and oxygen atoms in total. The molecule has 0 saturated carbocycles. The molecule has 2 heteroatoms. The minimum atomic E-state index is 0.0535. The molecule has 0 bridgehead atoms. The fourth-order valence-electron chi connectivity index (χ4n) is 1.42. The second-order valence-corrected chi connectivity index (χ2v) is 3.03. The molecule has 1 heterocycles. The fraction of sp³-hybridized carbons (Fsp3) is 0.667. The highest BCUT2D eigenvalue weighted by atomic mass is 16.2. The van der Waals surface area contributed by atoms with E-state index in [1.54, 1.807) is 6.08 Å². The molecule has 0 aliphatic carbocycles. The van der Waals surface area contributed by atoms with Gasteiger partial charge in [-0.05, 0) is 19.3 Å². The van der Waals surface area contributed by atoms with Gasteiger partial charge in [0.05, 0.1) is 5.92 Å². The van der Waals surface area contributed by atoms with Gasteiger partial charge in [0.1, 0.15) is 0 Å². The van der Waals surface area contributed by atoms with Crippen molar-refractivity contribution < 1.29 is 4.79 Å². The second-order valence-electron chi connectivity index (χ2n) is 3.03. The Bertz CT molecular complexity index is 165. The monoisotopic (exact) mass is 153 g/mol. The Hall–Kier alpha value is -0.790. The van der Waals surface area contributed by atoms with Gasteiger partial charge in [-0.25, -0.2) is 0 Å². The van der Waals surface area contributed by atoms with E-state index < -0.39 is 0 Å². The molecule has 1 aliphatic heterocycles. The first-order valence-electron chi connectivity index (χ1n) is 4.20. The first-order chi connectivity index (χ1) is 5.27. The summed E-state index contributed by atoms with van der Waals surface area (Å²) in [7, 11) is 0. The highest BCUT2D eigenvalue weighted by Crippen LogP contribution is 2.17. The predicted molar refractivity (Wildman–Crippen MR) is 45.1 cm³/mol. The summed E-state index contributed by atoms with van der Waals surface area (Å²) in [5, 5.41) is 2.96. The van der Waals surface area contributed by atoms with Crippen LogP contribution < -0.4 is 5.32 Å². The molecule has 11 heavy (non-hydrogen) atoms. The van der Waals surface area contributed by atoms with Gasteiger partial charge in [-0.15, -0.1) is 6.58 Å². The van der Waals surface area contributed by atoms with Crippen LogP contribution in [0.4, 0.5) is 0 Å². The number of rotatable bonds is 2. The summed E-state index contributed by atoms with van der Waals surface area (Å²) in [4.78, 5) is 11.2. The first-order valence-corrected chi connectivity index (χ1v) is 4.20. The largest absolute Gasteiger partial charge is 0.353 e. The maximum Gasteiger partial charge on any atom is 0.227 e. The molecule has 0 spiro atoms. The Kier molecular flexibility index (Phi) is 2.69. The van der Waals surface area contributed by atoms with Crippen LogP contribution in [0.5, 0.6) is 0 Å². The topological polar surface area (TPSA) is 29.1 Å². The maximum absolute atomic E-state index is 11.2. The van der Waals surface area contributed by atoms with Crippen LogP contribution in [0.2, 0.25) is 0 Å². The summed E-state index contributed by atoms with van der Waals surface area (Å²) in [6.45, 7) is 5.72. The number of carbonyl (C=O) groups is 1. The Morgan fingerprint density at radius 2 is 2.45 bits per heavy atom. The van der Waals surface area contributed by atoms with Crippen LogP contribution in [0.25, 0.3) is 0 Å². The molecule has 0 aromatic rings. The lowest BCUT2D eigenvalue weighted by Crippen LogP contribution is -2.42. The highest BCUT2D eigenvalue weighted by molar-refractivity contribution is 5.81. The lowest BCUT2D eigenvalue weighted by Gasteiger charge is -2.26. The van der Waals surface area contributed by atoms with Crippen LogP contribution in [-0.4, -0.2) is 11.9 Å². The summed E-state index contributed by atoms with van der Waals surface area (Å²) < 4.78 is 0. The van der Waals surface area contributed by atoms with Gasteiger partial charge in [0.25, 0.3) is 0 Å². The van der Waals surface area contributed by atoms with E-state index in [1.165, 1.54) is 0 Å². The predicted octanol–water partition coefficient (Wildman–Crippen LogP) is 1.48. The smallest absolute Gasteiger partial charge is 0.227 e. The van der Waals surface area contributed by atoms with E-state index in [0.717, 1.165) is 19.3 Å². The molecule has 0 radical (unpaired) electrons. The van der Waals surface area contributed by atoms with Gasteiger partial charge >= 0.3 is 0 Å². The van der Waals surface area contributed by atoms with E-state index in [0.29, 0.717) is 6.04 Å². The summed E-state index contributed by atoms with van der Waals surface area (Å²) >= 11 is 0. The summed E-state index contributed by atoms with van der Waals surface area (Å²) in [5.41, 5.74) is 0. The van der Waals surface area contributed by atoms with Crippen molar-refractivity contribution in [2.24, 2.45) is 5.92 Å². The van der Waals surface area contributed by atoms with E-state index in [2.05, 4.69) is 18.8 Å². The number of nitrogens with one attached hydrogen (secondary N) is 1. The van der Waals surface area contributed by atoms with Crippen LogP contribution in [-0.2, 0) is 4.79 Å². The average Bonchev–Trinajstić information content (AvgIpc) is 2.04.